The molecule has 1 aliphatic rings. The summed E-state index contributed by atoms with van der Waals surface area (Å²) in [6.07, 6.45) is 4.34. The van der Waals surface area contributed by atoms with E-state index >= 15 is 0 Å². The molecule has 1 N–H and O–H groups in total. The maximum absolute atomic E-state index is 12.7. The SMILES string of the molecule is CC(C)CC(=O)C1=C(O)C(=O)N(CCCN(C)C)C1c1ccncc1. The summed E-state index contributed by atoms with van der Waals surface area (Å²) >= 11 is 0. The summed E-state index contributed by atoms with van der Waals surface area (Å²) in [5, 5.41) is 10.4. The molecule has 136 valence electrons. The summed E-state index contributed by atoms with van der Waals surface area (Å²) in [5.41, 5.74) is 1.01. The van der Waals surface area contributed by atoms with Gasteiger partial charge in [-0.05, 0) is 50.7 Å². The zero-order valence-electron chi connectivity index (χ0n) is 15.4. The van der Waals surface area contributed by atoms with Crippen LogP contribution in [0.3, 0.4) is 0 Å². The first-order valence-corrected chi connectivity index (χ1v) is 8.64. The molecule has 0 saturated carbocycles. The standard InChI is InChI=1S/C19H27N3O3/c1-13(2)12-15(23)16-17(14-6-8-20-9-7-14)22(19(25)18(16)24)11-5-10-21(3)4/h6-9,13,17,24H,5,10-12H2,1-4H3. The molecule has 0 radical (unpaired) electrons. The van der Waals surface area contributed by atoms with Crippen molar-refractivity contribution in [3.8, 4) is 0 Å². The molecule has 6 nitrogen and oxygen atoms in total. The third-order valence-electron chi connectivity index (χ3n) is 4.22. The Hall–Kier alpha value is -2.21. The second-order valence-corrected chi connectivity index (χ2v) is 7.12. The van der Waals surface area contributed by atoms with E-state index in [1.165, 1.54) is 0 Å². The number of nitrogens with zero attached hydrogens (tertiary/aromatic N) is 3. The first-order valence-electron chi connectivity index (χ1n) is 8.64. The zero-order chi connectivity index (χ0) is 18.6. The van der Waals surface area contributed by atoms with Crippen molar-refractivity contribution < 1.29 is 14.7 Å². The van der Waals surface area contributed by atoms with Gasteiger partial charge >= 0.3 is 0 Å². The van der Waals surface area contributed by atoms with Gasteiger partial charge < -0.3 is 14.9 Å². The van der Waals surface area contributed by atoms with Gasteiger partial charge in [0.2, 0.25) is 0 Å². The topological polar surface area (TPSA) is 73.7 Å². The van der Waals surface area contributed by atoms with Gasteiger partial charge in [-0.2, -0.15) is 0 Å². The number of pyridine rings is 1. The Morgan fingerprint density at radius 1 is 1.32 bits per heavy atom. The molecule has 2 rings (SSSR count). The average Bonchev–Trinajstić information content (AvgIpc) is 2.79. The first-order chi connectivity index (χ1) is 11.8. The molecule has 1 aliphatic heterocycles. The van der Waals surface area contributed by atoms with E-state index in [2.05, 4.69) is 4.98 Å². The molecule has 2 heterocycles. The van der Waals surface area contributed by atoms with Crippen molar-refractivity contribution in [2.45, 2.75) is 32.7 Å². The van der Waals surface area contributed by atoms with E-state index in [0.29, 0.717) is 13.0 Å². The van der Waals surface area contributed by atoms with Crippen molar-refractivity contribution in [2.24, 2.45) is 5.92 Å². The number of aliphatic hydroxyl groups is 1. The van der Waals surface area contributed by atoms with E-state index in [1.54, 1.807) is 29.4 Å². The number of carbonyl (C=O) groups is 2. The fourth-order valence-corrected chi connectivity index (χ4v) is 3.10. The Bertz CT molecular complexity index is 653. The van der Waals surface area contributed by atoms with E-state index in [1.807, 2.05) is 32.8 Å². The van der Waals surface area contributed by atoms with Crippen LogP contribution in [0.2, 0.25) is 0 Å². The van der Waals surface area contributed by atoms with E-state index in [-0.39, 0.29) is 17.3 Å². The third-order valence-corrected chi connectivity index (χ3v) is 4.22. The molecule has 0 bridgehead atoms. The summed E-state index contributed by atoms with van der Waals surface area (Å²) in [6, 6.07) is 3.04. The molecule has 1 unspecified atom stereocenters. The van der Waals surface area contributed by atoms with Crippen molar-refractivity contribution in [3.05, 3.63) is 41.4 Å². The van der Waals surface area contributed by atoms with Gasteiger partial charge in [-0.25, -0.2) is 0 Å². The van der Waals surface area contributed by atoms with Crippen molar-refractivity contribution in [1.82, 2.24) is 14.8 Å². The van der Waals surface area contributed by atoms with Crippen LogP contribution in [-0.2, 0) is 9.59 Å². The molecule has 6 heteroatoms. The normalized spacial score (nSPS) is 17.9. The zero-order valence-corrected chi connectivity index (χ0v) is 15.4. The van der Waals surface area contributed by atoms with Crippen LogP contribution in [0, 0.1) is 5.92 Å². The minimum Gasteiger partial charge on any atom is -0.503 e. The Kier molecular flexibility index (Phi) is 6.31. The molecule has 1 aromatic rings. The maximum atomic E-state index is 12.7. The monoisotopic (exact) mass is 345 g/mol. The number of hydrogen-bond acceptors (Lipinski definition) is 5. The fraction of sp³-hybridized carbons (Fsp3) is 0.526. The highest BCUT2D eigenvalue weighted by molar-refractivity contribution is 6.09. The van der Waals surface area contributed by atoms with Crippen LogP contribution in [-0.4, -0.2) is 58.8 Å². The lowest BCUT2D eigenvalue weighted by atomic mass is 9.92. The third kappa shape index (κ3) is 4.45. The summed E-state index contributed by atoms with van der Waals surface area (Å²) in [5.74, 6) is -0.883. The Morgan fingerprint density at radius 2 is 1.96 bits per heavy atom. The number of carbonyl (C=O) groups excluding carboxylic acids is 2. The van der Waals surface area contributed by atoms with E-state index in [4.69, 9.17) is 0 Å². The van der Waals surface area contributed by atoms with Gasteiger partial charge in [0.1, 0.15) is 0 Å². The van der Waals surface area contributed by atoms with Gasteiger partial charge in [0.25, 0.3) is 5.91 Å². The summed E-state index contributed by atoms with van der Waals surface area (Å²) in [6.45, 7) is 5.19. The van der Waals surface area contributed by atoms with Gasteiger partial charge in [-0.15, -0.1) is 0 Å². The number of hydrogen-bond donors (Lipinski definition) is 1. The number of amides is 1. The number of Topliss-reactive ketones (excluding diaryl/α,β-unsaturated/α-hetero) is 1. The predicted octanol–water partition coefficient (Wildman–Crippen LogP) is 2.34. The molecule has 0 aliphatic carbocycles. The largest absolute Gasteiger partial charge is 0.503 e. The van der Waals surface area contributed by atoms with Crippen LogP contribution in [0.1, 0.15) is 38.3 Å². The minimum atomic E-state index is -0.538. The van der Waals surface area contributed by atoms with Gasteiger partial charge in [0, 0.05) is 25.4 Å². The Labute approximate surface area is 149 Å². The Balaban J connectivity index is 2.35. The van der Waals surface area contributed by atoms with Crippen LogP contribution in [0.4, 0.5) is 0 Å². The molecule has 0 aromatic carbocycles. The number of ketones is 1. The van der Waals surface area contributed by atoms with E-state index in [9.17, 15) is 14.7 Å². The lowest BCUT2D eigenvalue weighted by Gasteiger charge is -2.27. The van der Waals surface area contributed by atoms with Gasteiger partial charge in [-0.1, -0.05) is 13.8 Å². The molecule has 0 fully saturated rings. The molecule has 1 atom stereocenters. The first kappa shape index (κ1) is 19.1. The van der Waals surface area contributed by atoms with Crippen LogP contribution in [0.15, 0.2) is 35.9 Å². The number of rotatable bonds is 8. The van der Waals surface area contributed by atoms with Gasteiger partial charge in [-0.3, -0.25) is 14.6 Å². The van der Waals surface area contributed by atoms with Crippen molar-refractivity contribution in [3.63, 3.8) is 0 Å². The van der Waals surface area contributed by atoms with E-state index < -0.39 is 17.7 Å². The molecular weight excluding hydrogens is 318 g/mol. The molecule has 0 spiro atoms. The highest BCUT2D eigenvalue weighted by atomic mass is 16.3. The highest BCUT2D eigenvalue weighted by Gasteiger charge is 2.42. The lowest BCUT2D eigenvalue weighted by Crippen LogP contribution is -2.33. The van der Waals surface area contributed by atoms with Crippen LogP contribution >= 0.6 is 0 Å². The summed E-state index contributed by atoms with van der Waals surface area (Å²) < 4.78 is 0. The second kappa shape index (κ2) is 8.25. The van der Waals surface area contributed by atoms with Crippen molar-refractivity contribution in [2.75, 3.05) is 27.2 Å². The van der Waals surface area contributed by atoms with Crippen LogP contribution < -0.4 is 0 Å². The molecule has 25 heavy (non-hydrogen) atoms. The van der Waals surface area contributed by atoms with Gasteiger partial charge in [0.05, 0.1) is 11.6 Å². The molecule has 1 aromatic heterocycles. The molecular formula is C19H27N3O3. The van der Waals surface area contributed by atoms with Crippen molar-refractivity contribution >= 4 is 11.7 Å². The second-order valence-electron chi connectivity index (χ2n) is 7.12. The van der Waals surface area contributed by atoms with Crippen LogP contribution in [0.25, 0.3) is 0 Å². The smallest absolute Gasteiger partial charge is 0.290 e. The Morgan fingerprint density at radius 3 is 2.52 bits per heavy atom. The lowest BCUT2D eigenvalue weighted by molar-refractivity contribution is -0.129. The minimum absolute atomic E-state index is 0.156. The summed E-state index contributed by atoms with van der Waals surface area (Å²) in [4.78, 5) is 33.0. The molecule has 1 amide bonds. The quantitative estimate of drug-likeness (QED) is 0.783. The fourth-order valence-electron chi connectivity index (χ4n) is 3.10. The van der Waals surface area contributed by atoms with Crippen LogP contribution in [0.5, 0.6) is 0 Å². The predicted molar refractivity (Wildman–Crippen MR) is 96.0 cm³/mol. The number of aromatic nitrogens is 1. The van der Waals surface area contributed by atoms with Gasteiger partial charge in [0.15, 0.2) is 11.5 Å². The highest BCUT2D eigenvalue weighted by Crippen LogP contribution is 2.38. The molecule has 0 saturated heterocycles. The van der Waals surface area contributed by atoms with E-state index in [0.717, 1.165) is 18.5 Å². The summed E-state index contributed by atoms with van der Waals surface area (Å²) in [7, 11) is 3.94. The average molecular weight is 345 g/mol. The van der Waals surface area contributed by atoms with Crippen molar-refractivity contribution in [1.29, 1.82) is 0 Å². The number of aliphatic hydroxyl groups excluding tert-OH is 1. The maximum Gasteiger partial charge on any atom is 0.290 e.